The van der Waals surface area contributed by atoms with Crippen molar-refractivity contribution in [2.45, 2.75) is 32.2 Å². The van der Waals surface area contributed by atoms with Crippen LogP contribution in [-0.4, -0.2) is 42.9 Å². The number of carboxylic acids is 1. The number of amides is 1. The fourth-order valence-corrected chi connectivity index (χ4v) is 3.56. The number of hydrogen-bond acceptors (Lipinski definition) is 4. The first-order valence-electron chi connectivity index (χ1n) is 5.50. The van der Waals surface area contributed by atoms with Crippen molar-refractivity contribution in [3.63, 3.8) is 0 Å². The molecule has 2 unspecified atom stereocenters. The monoisotopic (exact) mass is 263 g/mol. The number of carbonyl (C=O) groups is 2. The van der Waals surface area contributed by atoms with Gasteiger partial charge < -0.3 is 10.4 Å². The van der Waals surface area contributed by atoms with E-state index in [1.165, 1.54) is 0 Å². The maximum absolute atomic E-state index is 11.5. The van der Waals surface area contributed by atoms with Crippen molar-refractivity contribution in [1.82, 2.24) is 5.32 Å². The number of rotatable bonds is 5. The summed E-state index contributed by atoms with van der Waals surface area (Å²) in [6, 6.07) is -0.315. The van der Waals surface area contributed by atoms with Gasteiger partial charge in [-0.3, -0.25) is 9.59 Å². The third-order valence-corrected chi connectivity index (χ3v) is 4.42. The lowest BCUT2D eigenvalue weighted by atomic mass is 10.0. The van der Waals surface area contributed by atoms with Gasteiger partial charge in [-0.05, 0) is 12.3 Å². The molecule has 7 heteroatoms. The SMILES string of the molecule is CC(CC(=O)O)CC(=O)NC1CCS(=O)(=O)C1. The molecule has 2 atom stereocenters. The summed E-state index contributed by atoms with van der Waals surface area (Å²) in [6.45, 7) is 1.68. The van der Waals surface area contributed by atoms with Crippen molar-refractivity contribution in [3.8, 4) is 0 Å². The van der Waals surface area contributed by atoms with Crippen molar-refractivity contribution in [2.75, 3.05) is 11.5 Å². The summed E-state index contributed by atoms with van der Waals surface area (Å²) in [5.74, 6) is -1.35. The molecule has 0 aliphatic carbocycles. The zero-order valence-electron chi connectivity index (χ0n) is 9.68. The highest BCUT2D eigenvalue weighted by molar-refractivity contribution is 7.91. The zero-order chi connectivity index (χ0) is 13.1. The van der Waals surface area contributed by atoms with E-state index < -0.39 is 15.8 Å². The highest BCUT2D eigenvalue weighted by Gasteiger charge is 2.29. The third-order valence-electron chi connectivity index (χ3n) is 2.65. The van der Waals surface area contributed by atoms with Gasteiger partial charge in [-0.15, -0.1) is 0 Å². The lowest BCUT2D eigenvalue weighted by Gasteiger charge is -2.13. The fraction of sp³-hybridized carbons (Fsp3) is 0.800. The van der Waals surface area contributed by atoms with Crippen LogP contribution in [-0.2, 0) is 19.4 Å². The second-order valence-corrected chi connectivity index (χ2v) is 6.80. The Labute approximate surface area is 100 Å². The minimum Gasteiger partial charge on any atom is -0.481 e. The van der Waals surface area contributed by atoms with Crippen LogP contribution < -0.4 is 5.32 Å². The summed E-state index contributed by atoms with van der Waals surface area (Å²) in [5.41, 5.74) is 0. The van der Waals surface area contributed by atoms with E-state index in [1.54, 1.807) is 6.92 Å². The summed E-state index contributed by atoms with van der Waals surface area (Å²) >= 11 is 0. The summed E-state index contributed by atoms with van der Waals surface area (Å²) in [5, 5.41) is 11.2. The van der Waals surface area contributed by atoms with Crippen LogP contribution in [0.25, 0.3) is 0 Å². The first kappa shape index (κ1) is 14.0. The molecular weight excluding hydrogens is 246 g/mol. The van der Waals surface area contributed by atoms with Gasteiger partial charge in [0.2, 0.25) is 5.91 Å². The molecule has 17 heavy (non-hydrogen) atoms. The van der Waals surface area contributed by atoms with Crippen LogP contribution in [0.15, 0.2) is 0 Å². The summed E-state index contributed by atoms with van der Waals surface area (Å²) < 4.78 is 22.3. The Morgan fingerprint density at radius 3 is 2.53 bits per heavy atom. The molecule has 0 spiro atoms. The van der Waals surface area contributed by atoms with Crippen molar-refractivity contribution >= 4 is 21.7 Å². The standard InChI is InChI=1S/C10H17NO5S/c1-7(5-10(13)14)4-9(12)11-8-2-3-17(15,16)6-8/h7-8H,2-6H2,1H3,(H,11,12)(H,13,14). The first-order valence-corrected chi connectivity index (χ1v) is 7.32. The predicted octanol–water partition coefficient (Wildman–Crippen LogP) is -0.209. The second-order valence-electron chi connectivity index (χ2n) is 4.57. The number of carboxylic acid groups (broad SMARTS) is 1. The van der Waals surface area contributed by atoms with Gasteiger partial charge in [-0.2, -0.15) is 0 Å². The van der Waals surface area contributed by atoms with Crippen LogP contribution in [0.2, 0.25) is 0 Å². The Bertz CT molecular complexity index is 403. The van der Waals surface area contributed by atoms with Crippen molar-refractivity contribution < 1.29 is 23.1 Å². The van der Waals surface area contributed by atoms with Gasteiger partial charge in [0.05, 0.1) is 11.5 Å². The number of hydrogen-bond donors (Lipinski definition) is 2. The molecule has 1 saturated heterocycles. The van der Waals surface area contributed by atoms with E-state index >= 15 is 0 Å². The normalized spacial score (nSPS) is 24.2. The van der Waals surface area contributed by atoms with E-state index in [4.69, 9.17) is 5.11 Å². The van der Waals surface area contributed by atoms with Crippen LogP contribution in [0.3, 0.4) is 0 Å². The van der Waals surface area contributed by atoms with Crippen LogP contribution in [0.1, 0.15) is 26.2 Å². The smallest absolute Gasteiger partial charge is 0.303 e. The van der Waals surface area contributed by atoms with Gasteiger partial charge in [0.15, 0.2) is 9.84 Å². The molecule has 1 aliphatic heterocycles. The molecule has 1 rings (SSSR count). The van der Waals surface area contributed by atoms with Crippen LogP contribution in [0.4, 0.5) is 0 Å². The average Bonchev–Trinajstić information content (AvgIpc) is 2.42. The molecule has 1 fully saturated rings. The first-order chi connectivity index (χ1) is 7.78. The average molecular weight is 263 g/mol. The van der Waals surface area contributed by atoms with E-state index in [2.05, 4.69) is 5.32 Å². The highest BCUT2D eigenvalue weighted by Crippen LogP contribution is 2.13. The van der Waals surface area contributed by atoms with Gasteiger partial charge in [-0.1, -0.05) is 6.92 Å². The number of nitrogens with one attached hydrogen (secondary N) is 1. The molecule has 1 amide bonds. The molecule has 2 N–H and O–H groups in total. The molecule has 0 aromatic heterocycles. The van der Waals surface area contributed by atoms with Gasteiger partial charge in [0.25, 0.3) is 0 Å². The maximum Gasteiger partial charge on any atom is 0.303 e. The number of sulfone groups is 1. The molecule has 0 bridgehead atoms. The third kappa shape index (κ3) is 5.16. The largest absolute Gasteiger partial charge is 0.481 e. The van der Waals surface area contributed by atoms with Gasteiger partial charge in [0.1, 0.15) is 0 Å². The maximum atomic E-state index is 11.5. The van der Waals surface area contributed by atoms with E-state index in [1.807, 2.05) is 0 Å². The van der Waals surface area contributed by atoms with Crippen molar-refractivity contribution in [1.29, 1.82) is 0 Å². The summed E-state index contributed by atoms with van der Waals surface area (Å²) in [7, 11) is -3.00. The van der Waals surface area contributed by atoms with Gasteiger partial charge >= 0.3 is 5.97 Å². The van der Waals surface area contributed by atoms with E-state index in [9.17, 15) is 18.0 Å². The molecular formula is C10H17NO5S. The van der Waals surface area contributed by atoms with Crippen LogP contribution in [0, 0.1) is 5.92 Å². The zero-order valence-corrected chi connectivity index (χ0v) is 10.5. The molecule has 98 valence electrons. The van der Waals surface area contributed by atoms with Crippen LogP contribution in [0.5, 0.6) is 0 Å². The van der Waals surface area contributed by atoms with E-state index in [0.717, 1.165) is 0 Å². The fourth-order valence-electron chi connectivity index (χ4n) is 1.88. The topological polar surface area (TPSA) is 101 Å². The Balaban J connectivity index is 2.33. The summed E-state index contributed by atoms with van der Waals surface area (Å²) in [6.07, 6.45) is 0.501. The van der Waals surface area contributed by atoms with Gasteiger partial charge in [-0.25, -0.2) is 8.42 Å². The summed E-state index contributed by atoms with van der Waals surface area (Å²) in [4.78, 5) is 21.9. The highest BCUT2D eigenvalue weighted by atomic mass is 32.2. The van der Waals surface area contributed by atoms with Crippen LogP contribution >= 0.6 is 0 Å². The van der Waals surface area contributed by atoms with E-state index in [-0.39, 0.29) is 42.2 Å². The number of carbonyl (C=O) groups excluding carboxylic acids is 1. The van der Waals surface area contributed by atoms with Gasteiger partial charge in [0, 0.05) is 18.9 Å². The molecule has 0 aromatic carbocycles. The minimum atomic E-state index is -3.00. The Kier molecular flexibility index (Phi) is 4.50. The molecule has 1 heterocycles. The Morgan fingerprint density at radius 2 is 2.06 bits per heavy atom. The molecule has 1 aliphatic rings. The quantitative estimate of drug-likeness (QED) is 0.715. The predicted molar refractivity (Wildman–Crippen MR) is 61.2 cm³/mol. The molecule has 0 saturated carbocycles. The molecule has 6 nitrogen and oxygen atoms in total. The molecule has 0 aromatic rings. The Hall–Kier alpha value is -1.11. The van der Waals surface area contributed by atoms with Crippen molar-refractivity contribution in [2.24, 2.45) is 5.92 Å². The van der Waals surface area contributed by atoms with E-state index in [0.29, 0.717) is 6.42 Å². The second kappa shape index (κ2) is 5.48. The van der Waals surface area contributed by atoms with Crippen molar-refractivity contribution in [3.05, 3.63) is 0 Å². The lowest BCUT2D eigenvalue weighted by Crippen LogP contribution is -2.36. The number of aliphatic carboxylic acids is 1. The lowest BCUT2D eigenvalue weighted by molar-refractivity contribution is -0.138. The Morgan fingerprint density at radius 1 is 1.41 bits per heavy atom. The molecule has 0 radical (unpaired) electrons. The minimum absolute atomic E-state index is 0.00789.